The highest BCUT2D eigenvalue weighted by Gasteiger charge is 2.12. The van der Waals surface area contributed by atoms with Crippen LogP contribution in [0.3, 0.4) is 0 Å². The van der Waals surface area contributed by atoms with Gasteiger partial charge in [0, 0.05) is 19.5 Å². The number of carbonyl (C=O) groups excluding carboxylic acids is 2. The van der Waals surface area contributed by atoms with Crippen LogP contribution in [0.4, 0.5) is 0 Å². The number of methoxy groups -OCH3 is 2. The molecule has 4 aromatic rings. The van der Waals surface area contributed by atoms with E-state index >= 15 is 0 Å². The van der Waals surface area contributed by atoms with E-state index in [4.69, 9.17) is 14.2 Å². The molecule has 0 aliphatic rings. The standard InChI is InChI=1S/C39H45NO5/c1-43-38(41)15-7-4-10-27-40(29-33-22-24-36(25-23-33)39(42)44-2)28-26-35-13-8-9-14-37(35)45-30-34-20-18-32(19-21-34)17-16-31-11-5-3-6-12-31/h3,5-6,8-9,11-14,18-25H,4,7,10,15-17,26-30H2,1-2H3. The Hall–Kier alpha value is -4.42. The Labute approximate surface area is 268 Å². The van der Waals surface area contributed by atoms with Crippen molar-refractivity contribution in [3.05, 3.63) is 137 Å². The van der Waals surface area contributed by atoms with E-state index in [2.05, 4.69) is 71.6 Å². The molecule has 0 heterocycles. The fourth-order valence-electron chi connectivity index (χ4n) is 5.30. The summed E-state index contributed by atoms with van der Waals surface area (Å²) in [6.45, 7) is 3.04. The maximum atomic E-state index is 11.9. The maximum absolute atomic E-state index is 11.9. The Morgan fingerprint density at radius 1 is 0.600 bits per heavy atom. The Morgan fingerprint density at radius 2 is 1.24 bits per heavy atom. The monoisotopic (exact) mass is 607 g/mol. The van der Waals surface area contributed by atoms with Crippen molar-refractivity contribution in [1.29, 1.82) is 0 Å². The van der Waals surface area contributed by atoms with Crippen molar-refractivity contribution in [3.63, 3.8) is 0 Å². The summed E-state index contributed by atoms with van der Waals surface area (Å²) in [5, 5.41) is 0. The molecule has 0 radical (unpaired) electrons. The van der Waals surface area contributed by atoms with Gasteiger partial charge in [-0.3, -0.25) is 9.69 Å². The van der Waals surface area contributed by atoms with E-state index in [9.17, 15) is 9.59 Å². The lowest BCUT2D eigenvalue weighted by atomic mass is 10.0. The molecule has 4 rings (SSSR count). The molecule has 0 fully saturated rings. The SMILES string of the molecule is COC(=O)CCCCCN(CCc1ccccc1OCc1ccc(CCc2ccccc2)cc1)Cc1ccc(C(=O)OC)cc1. The lowest BCUT2D eigenvalue weighted by Gasteiger charge is -2.23. The Morgan fingerprint density at radius 3 is 1.96 bits per heavy atom. The molecule has 0 aliphatic carbocycles. The van der Waals surface area contributed by atoms with Crippen LogP contribution in [-0.2, 0) is 46.7 Å². The molecule has 0 N–H and O–H groups in total. The van der Waals surface area contributed by atoms with Crippen LogP contribution in [0.15, 0.2) is 103 Å². The smallest absolute Gasteiger partial charge is 0.337 e. The number of nitrogens with zero attached hydrogens (tertiary/aromatic N) is 1. The van der Waals surface area contributed by atoms with Crippen LogP contribution in [0.2, 0.25) is 0 Å². The minimum absolute atomic E-state index is 0.159. The summed E-state index contributed by atoms with van der Waals surface area (Å²) in [4.78, 5) is 25.8. The zero-order valence-electron chi connectivity index (χ0n) is 26.6. The van der Waals surface area contributed by atoms with Gasteiger partial charge in [0.05, 0.1) is 19.8 Å². The molecule has 0 saturated carbocycles. The first-order chi connectivity index (χ1) is 22.0. The van der Waals surface area contributed by atoms with Crippen LogP contribution in [0, 0.1) is 0 Å². The van der Waals surface area contributed by atoms with Crippen molar-refractivity contribution in [2.45, 2.75) is 58.1 Å². The first kappa shape index (κ1) is 33.5. The van der Waals surface area contributed by atoms with E-state index in [-0.39, 0.29) is 11.9 Å². The van der Waals surface area contributed by atoms with Crippen molar-refractivity contribution < 1.29 is 23.8 Å². The van der Waals surface area contributed by atoms with Crippen molar-refractivity contribution in [2.75, 3.05) is 27.3 Å². The molecule has 0 saturated heterocycles. The Kier molecular flexibility index (Phi) is 13.7. The number of unbranched alkanes of at least 4 members (excludes halogenated alkanes) is 2. The lowest BCUT2D eigenvalue weighted by Crippen LogP contribution is -2.27. The summed E-state index contributed by atoms with van der Waals surface area (Å²) in [6, 6.07) is 35.2. The fraction of sp³-hybridized carbons (Fsp3) is 0.333. The summed E-state index contributed by atoms with van der Waals surface area (Å²) in [6.07, 6.45) is 6.11. The normalized spacial score (nSPS) is 10.9. The molecule has 0 amide bonds. The number of aryl methyl sites for hydroxylation is 2. The molecule has 0 spiro atoms. The largest absolute Gasteiger partial charge is 0.489 e. The van der Waals surface area contributed by atoms with E-state index in [0.29, 0.717) is 18.6 Å². The molecular weight excluding hydrogens is 562 g/mol. The zero-order valence-corrected chi connectivity index (χ0v) is 26.6. The lowest BCUT2D eigenvalue weighted by molar-refractivity contribution is -0.140. The van der Waals surface area contributed by atoms with Crippen LogP contribution in [0.5, 0.6) is 5.75 Å². The van der Waals surface area contributed by atoms with E-state index < -0.39 is 0 Å². The van der Waals surface area contributed by atoms with E-state index in [1.54, 1.807) is 0 Å². The first-order valence-corrected chi connectivity index (χ1v) is 15.8. The molecule has 0 atom stereocenters. The van der Waals surface area contributed by atoms with Gasteiger partial charge in [0.1, 0.15) is 12.4 Å². The number of para-hydroxylation sites is 1. The topological polar surface area (TPSA) is 65.1 Å². The number of ether oxygens (including phenoxy) is 3. The van der Waals surface area contributed by atoms with Gasteiger partial charge in [0.25, 0.3) is 0 Å². The van der Waals surface area contributed by atoms with Crippen molar-refractivity contribution in [1.82, 2.24) is 4.90 Å². The second-order valence-corrected chi connectivity index (χ2v) is 11.3. The molecule has 6 heteroatoms. The van der Waals surface area contributed by atoms with Gasteiger partial charge in [-0.2, -0.15) is 0 Å². The second kappa shape index (κ2) is 18.4. The minimum atomic E-state index is -0.334. The highest BCUT2D eigenvalue weighted by atomic mass is 16.5. The van der Waals surface area contributed by atoms with Gasteiger partial charge in [-0.1, -0.05) is 91.3 Å². The summed E-state index contributed by atoms with van der Waals surface area (Å²) in [7, 11) is 2.82. The molecule has 0 aromatic heterocycles. The number of esters is 2. The molecule has 45 heavy (non-hydrogen) atoms. The van der Waals surface area contributed by atoms with Gasteiger partial charge in [-0.15, -0.1) is 0 Å². The Bertz CT molecular complexity index is 1450. The van der Waals surface area contributed by atoms with Crippen LogP contribution in [0.25, 0.3) is 0 Å². The molecule has 0 aliphatic heterocycles. The van der Waals surface area contributed by atoms with Gasteiger partial charge in [-0.05, 0) is 84.7 Å². The zero-order chi connectivity index (χ0) is 31.7. The number of carbonyl (C=O) groups is 2. The average molecular weight is 608 g/mol. The molecule has 0 unspecified atom stereocenters. The van der Waals surface area contributed by atoms with Gasteiger partial charge in [0.2, 0.25) is 0 Å². The van der Waals surface area contributed by atoms with Crippen molar-refractivity contribution >= 4 is 11.9 Å². The predicted molar refractivity (Wildman–Crippen MR) is 178 cm³/mol. The first-order valence-electron chi connectivity index (χ1n) is 15.8. The van der Waals surface area contributed by atoms with Crippen molar-refractivity contribution in [2.24, 2.45) is 0 Å². The Balaban J connectivity index is 1.32. The van der Waals surface area contributed by atoms with Crippen LogP contribution in [0.1, 0.15) is 63.9 Å². The molecule has 4 aromatic carbocycles. The van der Waals surface area contributed by atoms with Gasteiger partial charge < -0.3 is 14.2 Å². The minimum Gasteiger partial charge on any atom is -0.489 e. The van der Waals surface area contributed by atoms with E-state index in [1.165, 1.54) is 30.9 Å². The summed E-state index contributed by atoms with van der Waals surface area (Å²) >= 11 is 0. The molecular formula is C39H45NO5. The molecule has 6 nitrogen and oxygen atoms in total. The third kappa shape index (κ3) is 11.5. The van der Waals surface area contributed by atoms with Crippen LogP contribution < -0.4 is 4.74 Å². The average Bonchev–Trinajstić information content (AvgIpc) is 3.09. The summed E-state index contributed by atoms with van der Waals surface area (Å²) in [5.41, 5.74) is 6.69. The van der Waals surface area contributed by atoms with Gasteiger partial charge >= 0.3 is 11.9 Å². The van der Waals surface area contributed by atoms with Gasteiger partial charge in [-0.25, -0.2) is 4.79 Å². The number of rotatable bonds is 18. The molecule has 0 bridgehead atoms. The maximum Gasteiger partial charge on any atom is 0.337 e. The highest BCUT2D eigenvalue weighted by molar-refractivity contribution is 5.89. The number of hydrogen-bond acceptors (Lipinski definition) is 6. The van der Waals surface area contributed by atoms with Crippen LogP contribution in [-0.4, -0.2) is 44.1 Å². The number of hydrogen-bond donors (Lipinski definition) is 0. The van der Waals surface area contributed by atoms with E-state index in [0.717, 1.165) is 75.0 Å². The quantitative estimate of drug-likeness (QED) is 0.0857. The summed E-state index contributed by atoms with van der Waals surface area (Å²) in [5.74, 6) is 0.416. The third-order valence-electron chi connectivity index (χ3n) is 8.00. The fourth-order valence-corrected chi connectivity index (χ4v) is 5.30. The van der Waals surface area contributed by atoms with Gasteiger partial charge in [0.15, 0.2) is 0 Å². The van der Waals surface area contributed by atoms with E-state index in [1.807, 2.05) is 36.4 Å². The molecule has 236 valence electrons. The third-order valence-corrected chi connectivity index (χ3v) is 8.00. The van der Waals surface area contributed by atoms with Crippen LogP contribution >= 0.6 is 0 Å². The predicted octanol–water partition coefficient (Wildman–Crippen LogP) is 7.62. The summed E-state index contributed by atoms with van der Waals surface area (Å²) < 4.78 is 15.9. The highest BCUT2D eigenvalue weighted by Crippen LogP contribution is 2.22. The number of benzene rings is 4. The van der Waals surface area contributed by atoms with Crippen molar-refractivity contribution in [3.8, 4) is 5.75 Å². The second-order valence-electron chi connectivity index (χ2n) is 11.3.